The van der Waals surface area contributed by atoms with Gasteiger partial charge in [0.15, 0.2) is 0 Å². The van der Waals surface area contributed by atoms with Gasteiger partial charge in [0.2, 0.25) is 5.91 Å². The lowest BCUT2D eigenvalue weighted by molar-refractivity contribution is -0.141. The number of rotatable bonds is 6. The van der Waals surface area contributed by atoms with Crippen LogP contribution in [-0.4, -0.2) is 23.0 Å². The number of carboxylic acid groups (broad SMARTS) is 1. The van der Waals surface area contributed by atoms with Crippen LogP contribution in [0.25, 0.3) is 0 Å². The van der Waals surface area contributed by atoms with E-state index in [2.05, 4.69) is 21.2 Å². The van der Waals surface area contributed by atoms with Gasteiger partial charge in [-0.15, -0.1) is 0 Å². The second kappa shape index (κ2) is 7.87. The van der Waals surface area contributed by atoms with E-state index in [4.69, 9.17) is 0 Å². The van der Waals surface area contributed by atoms with Crippen molar-refractivity contribution < 1.29 is 19.1 Å². The molecule has 0 unspecified atom stereocenters. The summed E-state index contributed by atoms with van der Waals surface area (Å²) in [6.07, 6.45) is 0.197. The Bertz CT molecular complexity index is 686. The molecular weight excluding hydrogens is 365 g/mol. The molecule has 1 amide bonds. The standard InChI is InChI=1S/C17H15BrFNO3/c18-13-5-1-11(2-6-13)9-15(17(22)23)20-16(21)10-12-3-7-14(19)8-4-12/h1-8,15H,9-10H2,(H,20,21)(H,22,23)/t15-/m1/s1. The Kier molecular flexibility index (Phi) is 5.87. The Hall–Kier alpha value is -2.21. The van der Waals surface area contributed by atoms with Crippen molar-refractivity contribution in [2.24, 2.45) is 0 Å². The van der Waals surface area contributed by atoms with Gasteiger partial charge in [0.05, 0.1) is 6.42 Å². The highest BCUT2D eigenvalue weighted by atomic mass is 79.9. The van der Waals surface area contributed by atoms with Crippen molar-refractivity contribution in [3.8, 4) is 0 Å². The first-order valence-corrected chi connectivity index (χ1v) is 7.74. The van der Waals surface area contributed by atoms with Crippen molar-refractivity contribution in [2.45, 2.75) is 18.9 Å². The molecule has 4 nitrogen and oxygen atoms in total. The van der Waals surface area contributed by atoms with Crippen LogP contribution in [0.15, 0.2) is 53.0 Å². The molecule has 0 aliphatic rings. The van der Waals surface area contributed by atoms with E-state index in [-0.39, 0.29) is 18.7 Å². The summed E-state index contributed by atoms with van der Waals surface area (Å²) in [5, 5.41) is 11.8. The van der Waals surface area contributed by atoms with Crippen LogP contribution in [0, 0.1) is 5.82 Å². The molecule has 0 heterocycles. The zero-order valence-corrected chi connectivity index (χ0v) is 13.7. The van der Waals surface area contributed by atoms with Crippen molar-refractivity contribution >= 4 is 27.8 Å². The third kappa shape index (κ3) is 5.49. The lowest BCUT2D eigenvalue weighted by Gasteiger charge is -2.15. The summed E-state index contributed by atoms with van der Waals surface area (Å²) in [7, 11) is 0. The van der Waals surface area contributed by atoms with Crippen molar-refractivity contribution in [3.63, 3.8) is 0 Å². The summed E-state index contributed by atoms with van der Waals surface area (Å²) in [5.74, 6) is -1.89. The van der Waals surface area contributed by atoms with Gasteiger partial charge in [0.25, 0.3) is 0 Å². The Morgan fingerprint density at radius 1 is 1.04 bits per heavy atom. The highest BCUT2D eigenvalue weighted by Crippen LogP contribution is 2.12. The molecule has 0 radical (unpaired) electrons. The summed E-state index contributed by atoms with van der Waals surface area (Å²) >= 11 is 3.31. The molecule has 0 fully saturated rings. The smallest absolute Gasteiger partial charge is 0.326 e. The van der Waals surface area contributed by atoms with Gasteiger partial charge >= 0.3 is 5.97 Å². The Morgan fingerprint density at radius 3 is 2.17 bits per heavy atom. The van der Waals surface area contributed by atoms with Gasteiger partial charge in [-0.3, -0.25) is 4.79 Å². The van der Waals surface area contributed by atoms with Crippen LogP contribution >= 0.6 is 15.9 Å². The van der Waals surface area contributed by atoms with Crippen LogP contribution in [0.4, 0.5) is 4.39 Å². The number of nitrogens with one attached hydrogen (secondary N) is 1. The van der Waals surface area contributed by atoms with Crippen LogP contribution in [-0.2, 0) is 22.4 Å². The van der Waals surface area contributed by atoms with E-state index in [1.807, 2.05) is 12.1 Å². The average molecular weight is 380 g/mol. The van der Waals surface area contributed by atoms with E-state index in [0.29, 0.717) is 5.56 Å². The number of halogens is 2. The number of hydrogen-bond donors (Lipinski definition) is 2. The first kappa shape index (κ1) is 17.1. The third-order valence-corrected chi connectivity index (χ3v) is 3.79. The molecule has 23 heavy (non-hydrogen) atoms. The first-order chi connectivity index (χ1) is 10.9. The summed E-state index contributed by atoms with van der Waals surface area (Å²) in [6.45, 7) is 0. The largest absolute Gasteiger partial charge is 0.480 e. The van der Waals surface area contributed by atoms with Gasteiger partial charge in [-0.2, -0.15) is 0 Å². The SMILES string of the molecule is O=C(Cc1ccc(F)cc1)N[C@H](Cc1ccc(Br)cc1)C(=O)O. The average Bonchev–Trinajstić information content (AvgIpc) is 2.51. The monoisotopic (exact) mass is 379 g/mol. The molecular formula is C17H15BrFNO3. The van der Waals surface area contributed by atoms with Crippen LogP contribution in [0.2, 0.25) is 0 Å². The molecule has 2 aromatic rings. The zero-order chi connectivity index (χ0) is 16.8. The van der Waals surface area contributed by atoms with Gasteiger partial charge < -0.3 is 10.4 Å². The van der Waals surface area contributed by atoms with Crippen LogP contribution in [0.1, 0.15) is 11.1 Å². The lowest BCUT2D eigenvalue weighted by Crippen LogP contribution is -2.43. The van der Waals surface area contributed by atoms with Crippen molar-refractivity contribution in [1.82, 2.24) is 5.32 Å². The number of benzene rings is 2. The fourth-order valence-corrected chi connectivity index (χ4v) is 2.35. The van der Waals surface area contributed by atoms with E-state index in [0.717, 1.165) is 10.0 Å². The van der Waals surface area contributed by atoms with E-state index < -0.39 is 17.9 Å². The highest BCUT2D eigenvalue weighted by Gasteiger charge is 2.20. The van der Waals surface area contributed by atoms with Gasteiger partial charge in [-0.1, -0.05) is 40.2 Å². The normalized spacial score (nSPS) is 11.7. The molecule has 0 aliphatic carbocycles. The minimum absolute atomic E-state index is 0.00436. The minimum atomic E-state index is -1.10. The molecule has 0 bridgehead atoms. The quantitative estimate of drug-likeness (QED) is 0.810. The molecule has 2 aromatic carbocycles. The van der Waals surface area contributed by atoms with Gasteiger partial charge in [0, 0.05) is 10.9 Å². The fourth-order valence-electron chi connectivity index (χ4n) is 2.09. The van der Waals surface area contributed by atoms with Gasteiger partial charge in [-0.25, -0.2) is 9.18 Å². The number of carbonyl (C=O) groups excluding carboxylic acids is 1. The Balaban J connectivity index is 1.98. The molecule has 0 spiro atoms. The van der Waals surface area contributed by atoms with Crippen molar-refractivity contribution in [2.75, 3.05) is 0 Å². The minimum Gasteiger partial charge on any atom is -0.480 e. The fraction of sp³-hybridized carbons (Fsp3) is 0.176. The van der Waals surface area contributed by atoms with Gasteiger partial charge in [0.1, 0.15) is 11.9 Å². The number of amides is 1. The number of carboxylic acids is 1. The Morgan fingerprint density at radius 2 is 1.61 bits per heavy atom. The molecule has 0 aliphatic heterocycles. The molecule has 6 heteroatoms. The second-order valence-electron chi connectivity index (χ2n) is 5.09. The maximum atomic E-state index is 12.8. The van der Waals surface area contributed by atoms with Crippen LogP contribution in [0.3, 0.4) is 0 Å². The second-order valence-corrected chi connectivity index (χ2v) is 6.01. The first-order valence-electron chi connectivity index (χ1n) is 6.95. The predicted molar refractivity (Wildman–Crippen MR) is 87.5 cm³/mol. The molecule has 0 saturated carbocycles. The topological polar surface area (TPSA) is 66.4 Å². The summed E-state index contributed by atoms with van der Waals surface area (Å²) in [4.78, 5) is 23.3. The maximum Gasteiger partial charge on any atom is 0.326 e. The molecule has 0 saturated heterocycles. The third-order valence-electron chi connectivity index (χ3n) is 3.26. The molecule has 1 atom stereocenters. The number of aliphatic carboxylic acids is 1. The predicted octanol–water partition coefficient (Wildman–Crippen LogP) is 2.94. The maximum absolute atomic E-state index is 12.8. The Labute approximate surface area is 141 Å². The number of carbonyl (C=O) groups is 2. The summed E-state index contributed by atoms with van der Waals surface area (Å²) < 4.78 is 13.7. The summed E-state index contributed by atoms with van der Waals surface area (Å²) in [6, 6.07) is 11.7. The summed E-state index contributed by atoms with van der Waals surface area (Å²) in [5.41, 5.74) is 1.43. The van der Waals surface area contributed by atoms with Gasteiger partial charge in [-0.05, 0) is 35.4 Å². The molecule has 0 aromatic heterocycles. The van der Waals surface area contributed by atoms with Crippen LogP contribution in [0.5, 0.6) is 0 Å². The van der Waals surface area contributed by atoms with Crippen molar-refractivity contribution in [1.29, 1.82) is 0 Å². The zero-order valence-electron chi connectivity index (χ0n) is 12.1. The lowest BCUT2D eigenvalue weighted by atomic mass is 10.1. The molecule has 2 N–H and O–H groups in total. The van der Waals surface area contributed by atoms with Crippen molar-refractivity contribution in [3.05, 3.63) is 69.9 Å². The molecule has 2 rings (SSSR count). The van der Waals surface area contributed by atoms with Crippen LogP contribution < -0.4 is 5.32 Å². The van der Waals surface area contributed by atoms with E-state index in [1.54, 1.807) is 12.1 Å². The number of hydrogen-bond acceptors (Lipinski definition) is 2. The molecule has 120 valence electrons. The van der Waals surface area contributed by atoms with E-state index in [9.17, 15) is 19.1 Å². The van der Waals surface area contributed by atoms with E-state index >= 15 is 0 Å². The van der Waals surface area contributed by atoms with E-state index in [1.165, 1.54) is 24.3 Å². The highest BCUT2D eigenvalue weighted by molar-refractivity contribution is 9.10.